The van der Waals surface area contributed by atoms with Crippen molar-refractivity contribution in [2.24, 2.45) is 0 Å². The lowest BCUT2D eigenvalue weighted by Crippen LogP contribution is -2.20. The fraction of sp³-hybridized carbons (Fsp3) is 0.450. The van der Waals surface area contributed by atoms with Crippen LogP contribution in [0.2, 0.25) is 0 Å². The van der Waals surface area contributed by atoms with Crippen molar-refractivity contribution < 1.29 is 9.47 Å². The minimum absolute atomic E-state index is 0.0345. The Kier molecular flexibility index (Phi) is 7.56. The predicted octanol–water partition coefficient (Wildman–Crippen LogP) is 4.49. The average molecular weight is 328 g/mol. The summed E-state index contributed by atoms with van der Waals surface area (Å²) in [7, 11) is 0. The van der Waals surface area contributed by atoms with E-state index in [1.54, 1.807) is 0 Å². The Labute approximate surface area is 145 Å². The average Bonchev–Trinajstić information content (AvgIpc) is 2.98. The van der Waals surface area contributed by atoms with Gasteiger partial charge < -0.3 is 14.0 Å². The maximum Gasteiger partial charge on any atom is 0.127 e. The van der Waals surface area contributed by atoms with Gasteiger partial charge in [0.25, 0.3) is 0 Å². The molecule has 0 fully saturated rings. The number of rotatable bonds is 10. The third kappa shape index (κ3) is 5.85. The van der Waals surface area contributed by atoms with Crippen LogP contribution in [0.4, 0.5) is 0 Å². The highest BCUT2D eigenvalue weighted by Crippen LogP contribution is 2.20. The van der Waals surface area contributed by atoms with Gasteiger partial charge in [-0.05, 0) is 39.7 Å². The Morgan fingerprint density at radius 1 is 1.25 bits per heavy atom. The van der Waals surface area contributed by atoms with Crippen molar-refractivity contribution in [1.82, 2.24) is 9.55 Å². The van der Waals surface area contributed by atoms with Crippen molar-refractivity contribution in [2.75, 3.05) is 13.2 Å². The molecule has 0 aliphatic rings. The smallest absolute Gasteiger partial charge is 0.127 e. The molecular weight excluding hydrogens is 300 g/mol. The van der Waals surface area contributed by atoms with Gasteiger partial charge in [0.1, 0.15) is 17.7 Å². The fourth-order valence-corrected chi connectivity index (χ4v) is 2.53. The van der Waals surface area contributed by atoms with Crippen molar-refractivity contribution in [1.29, 1.82) is 0 Å². The van der Waals surface area contributed by atoms with Gasteiger partial charge in [0.05, 0.1) is 6.61 Å². The molecule has 0 saturated carbocycles. The van der Waals surface area contributed by atoms with Crippen LogP contribution < -0.4 is 4.74 Å². The molecule has 2 rings (SSSR count). The van der Waals surface area contributed by atoms with Crippen LogP contribution in [-0.2, 0) is 11.3 Å². The van der Waals surface area contributed by atoms with Gasteiger partial charge in [0, 0.05) is 31.1 Å². The fourth-order valence-electron chi connectivity index (χ4n) is 2.53. The van der Waals surface area contributed by atoms with Gasteiger partial charge in [0.2, 0.25) is 0 Å². The lowest BCUT2D eigenvalue weighted by Gasteiger charge is -2.16. The number of benzene rings is 1. The molecule has 1 aromatic heterocycles. The van der Waals surface area contributed by atoms with Gasteiger partial charge in [-0.3, -0.25) is 0 Å². The first-order chi connectivity index (χ1) is 11.7. The number of nitrogens with zero attached hydrogens (tertiary/aromatic N) is 2. The molecule has 1 heterocycles. The molecule has 0 aliphatic carbocycles. The van der Waals surface area contributed by atoms with E-state index < -0.39 is 0 Å². The van der Waals surface area contributed by atoms with Gasteiger partial charge in [-0.15, -0.1) is 0 Å². The Balaban J connectivity index is 1.63. The molecule has 4 nitrogen and oxygen atoms in total. The summed E-state index contributed by atoms with van der Waals surface area (Å²) in [6.45, 7) is 8.45. The molecule has 1 atom stereocenters. The van der Waals surface area contributed by atoms with Crippen molar-refractivity contribution >= 4 is 6.08 Å². The minimum atomic E-state index is 0.0345. The molecule has 2 aromatic rings. The monoisotopic (exact) mass is 328 g/mol. The lowest BCUT2D eigenvalue weighted by atomic mass is 10.2. The molecule has 4 heteroatoms. The molecule has 1 unspecified atom stereocenters. The number of allylic oxidation sites excluding steroid dienone is 1. The molecule has 0 spiro atoms. The largest absolute Gasteiger partial charge is 0.488 e. The maximum absolute atomic E-state index is 5.99. The highest BCUT2D eigenvalue weighted by atomic mass is 16.5. The first-order valence-electron chi connectivity index (χ1n) is 8.64. The zero-order chi connectivity index (χ0) is 17.2. The van der Waals surface area contributed by atoms with E-state index in [0.29, 0.717) is 6.61 Å². The van der Waals surface area contributed by atoms with Crippen molar-refractivity contribution in [2.45, 2.75) is 46.3 Å². The highest BCUT2D eigenvalue weighted by molar-refractivity contribution is 5.56. The summed E-state index contributed by atoms with van der Waals surface area (Å²) in [4.78, 5) is 4.23. The summed E-state index contributed by atoms with van der Waals surface area (Å²) in [5.74, 6) is 1.97. The van der Waals surface area contributed by atoms with Crippen LogP contribution in [0.25, 0.3) is 6.08 Å². The van der Waals surface area contributed by atoms with Crippen LogP contribution >= 0.6 is 0 Å². The molecule has 130 valence electrons. The Morgan fingerprint density at radius 3 is 2.83 bits per heavy atom. The molecule has 0 radical (unpaired) electrons. The zero-order valence-corrected chi connectivity index (χ0v) is 14.9. The zero-order valence-electron chi connectivity index (χ0n) is 14.9. The molecule has 0 aliphatic heterocycles. The normalized spacial score (nSPS) is 12.6. The molecule has 1 aromatic carbocycles. The third-order valence-electron chi connectivity index (χ3n) is 3.81. The lowest BCUT2D eigenvalue weighted by molar-refractivity contribution is 0.0563. The van der Waals surface area contributed by atoms with E-state index in [1.807, 2.05) is 57.4 Å². The van der Waals surface area contributed by atoms with E-state index in [4.69, 9.17) is 9.47 Å². The Morgan fingerprint density at radius 2 is 2.08 bits per heavy atom. The quantitative estimate of drug-likeness (QED) is 0.603. The first kappa shape index (κ1) is 18.3. The standard InChI is InChI=1S/C20H28N2O2/c1-4-9-19-10-5-6-11-20(19)24-17(2)16-23-15-8-7-13-22-14-12-21-18(22)3/h4-6,9-12,14,17H,7-8,13,15-16H2,1-3H3. The summed E-state index contributed by atoms with van der Waals surface area (Å²) in [5, 5.41) is 0. The predicted molar refractivity (Wildman–Crippen MR) is 98.3 cm³/mol. The van der Waals surface area contributed by atoms with Crippen molar-refractivity contribution in [3.05, 3.63) is 54.1 Å². The van der Waals surface area contributed by atoms with Gasteiger partial charge in [0.15, 0.2) is 0 Å². The minimum Gasteiger partial charge on any atom is -0.488 e. The van der Waals surface area contributed by atoms with Gasteiger partial charge in [-0.2, -0.15) is 0 Å². The summed E-state index contributed by atoms with van der Waals surface area (Å²) in [6.07, 6.45) is 10.1. The second kappa shape index (κ2) is 9.93. The molecule has 0 amide bonds. The Bertz CT molecular complexity index is 634. The molecule has 24 heavy (non-hydrogen) atoms. The number of unbranched alkanes of at least 4 members (excludes halogenated alkanes) is 1. The van der Waals surface area contributed by atoms with E-state index in [1.165, 1.54) is 0 Å². The van der Waals surface area contributed by atoms with Crippen LogP contribution in [0.5, 0.6) is 5.75 Å². The Hall–Kier alpha value is -2.07. The van der Waals surface area contributed by atoms with E-state index in [0.717, 1.165) is 43.1 Å². The van der Waals surface area contributed by atoms with Crippen LogP contribution in [0.15, 0.2) is 42.7 Å². The van der Waals surface area contributed by atoms with Crippen molar-refractivity contribution in [3.63, 3.8) is 0 Å². The number of aryl methyl sites for hydroxylation is 2. The summed E-state index contributed by atoms with van der Waals surface area (Å²) < 4.78 is 13.9. The van der Waals surface area contributed by atoms with Gasteiger partial charge in [-0.25, -0.2) is 4.98 Å². The SMILES string of the molecule is CC=Cc1ccccc1OC(C)COCCCCn1ccnc1C. The van der Waals surface area contributed by atoms with Crippen LogP contribution in [0, 0.1) is 6.92 Å². The van der Waals surface area contributed by atoms with Crippen LogP contribution in [-0.4, -0.2) is 28.9 Å². The first-order valence-corrected chi connectivity index (χ1v) is 8.64. The summed E-state index contributed by atoms with van der Waals surface area (Å²) >= 11 is 0. The third-order valence-corrected chi connectivity index (χ3v) is 3.81. The summed E-state index contributed by atoms with van der Waals surface area (Å²) in [5.41, 5.74) is 1.10. The molecule has 0 bridgehead atoms. The number of aromatic nitrogens is 2. The topological polar surface area (TPSA) is 36.3 Å². The van der Waals surface area contributed by atoms with E-state index in [9.17, 15) is 0 Å². The second-order valence-corrected chi connectivity index (χ2v) is 5.92. The number of hydrogen-bond acceptors (Lipinski definition) is 3. The molecule has 0 saturated heterocycles. The highest BCUT2D eigenvalue weighted by Gasteiger charge is 2.07. The van der Waals surface area contributed by atoms with Crippen molar-refractivity contribution in [3.8, 4) is 5.75 Å². The number of imidazole rings is 1. The van der Waals surface area contributed by atoms with E-state index >= 15 is 0 Å². The van der Waals surface area contributed by atoms with E-state index in [-0.39, 0.29) is 6.10 Å². The van der Waals surface area contributed by atoms with Gasteiger partial charge >= 0.3 is 0 Å². The number of hydrogen-bond donors (Lipinski definition) is 0. The van der Waals surface area contributed by atoms with Crippen LogP contribution in [0.3, 0.4) is 0 Å². The number of ether oxygens (including phenoxy) is 2. The number of para-hydroxylation sites is 1. The van der Waals surface area contributed by atoms with E-state index in [2.05, 4.69) is 21.7 Å². The van der Waals surface area contributed by atoms with Crippen LogP contribution in [0.1, 0.15) is 38.1 Å². The summed E-state index contributed by atoms with van der Waals surface area (Å²) in [6, 6.07) is 8.07. The maximum atomic E-state index is 5.99. The molecule has 0 N–H and O–H groups in total. The van der Waals surface area contributed by atoms with Gasteiger partial charge in [-0.1, -0.05) is 30.4 Å². The molecular formula is C20H28N2O2. The second-order valence-electron chi connectivity index (χ2n) is 5.92.